The molecule has 2 aromatic carbocycles. The standard InChI is InChI=1S/C25H29N5O3/c1-33-21-12-10-20(11-13-21)25(14-6-3-7-15-25)23(32)28-24-27-18-30(29-24)17-22(31)26-16-19-8-4-2-5-9-19/h2,4-5,8-13,18H,3,6-7,14-17H2,1H3,(H,26,31)(H,28,29,32). The number of aromatic nitrogens is 3. The summed E-state index contributed by atoms with van der Waals surface area (Å²) in [5.74, 6) is 0.674. The lowest BCUT2D eigenvalue weighted by atomic mass is 9.68. The molecule has 172 valence electrons. The maximum Gasteiger partial charge on any atom is 0.248 e. The first kappa shape index (κ1) is 22.5. The van der Waals surface area contributed by atoms with Gasteiger partial charge in [0.25, 0.3) is 0 Å². The van der Waals surface area contributed by atoms with Crippen molar-refractivity contribution in [1.82, 2.24) is 20.1 Å². The number of carbonyl (C=O) groups is 2. The van der Waals surface area contributed by atoms with Crippen LogP contribution in [-0.2, 0) is 28.1 Å². The van der Waals surface area contributed by atoms with Gasteiger partial charge in [-0.3, -0.25) is 14.9 Å². The van der Waals surface area contributed by atoms with Crippen LogP contribution in [0.3, 0.4) is 0 Å². The van der Waals surface area contributed by atoms with Crippen LogP contribution in [0.2, 0.25) is 0 Å². The summed E-state index contributed by atoms with van der Waals surface area (Å²) in [7, 11) is 1.63. The fourth-order valence-electron chi connectivity index (χ4n) is 4.36. The van der Waals surface area contributed by atoms with Crippen molar-refractivity contribution in [3.8, 4) is 5.75 Å². The summed E-state index contributed by atoms with van der Waals surface area (Å²) in [4.78, 5) is 29.9. The van der Waals surface area contributed by atoms with Gasteiger partial charge in [-0.1, -0.05) is 61.7 Å². The lowest BCUT2D eigenvalue weighted by Gasteiger charge is -2.36. The second-order valence-electron chi connectivity index (χ2n) is 8.35. The molecule has 0 spiro atoms. The molecule has 3 aromatic rings. The van der Waals surface area contributed by atoms with Gasteiger partial charge >= 0.3 is 0 Å². The molecule has 33 heavy (non-hydrogen) atoms. The Balaban J connectivity index is 1.40. The van der Waals surface area contributed by atoms with Crippen LogP contribution in [0.1, 0.15) is 43.2 Å². The van der Waals surface area contributed by atoms with Crippen LogP contribution in [-0.4, -0.2) is 33.7 Å². The van der Waals surface area contributed by atoms with E-state index in [1.54, 1.807) is 7.11 Å². The minimum absolute atomic E-state index is 0.0271. The van der Waals surface area contributed by atoms with E-state index >= 15 is 0 Å². The topological polar surface area (TPSA) is 98.1 Å². The zero-order valence-electron chi connectivity index (χ0n) is 18.8. The maximum atomic E-state index is 13.4. The molecule has 1 saturated carbocycles. The van der Waals surface area contributed by atoms with Crippen molar-refractivity contribution in [2.45, 2.75) is 50.6 Å². The van der Waals surface area contributed by atoms with Crippen LogP contribution >= 0.6 is 0 Å². The number of benzene rings is 2. The summed E-state index contributed by atoms with van der Waals surface area (Å²) in [5, 5.41) is 10.0. The predicted molar refractivity (Wildman–Crippen MR) is 125 cm³/mol. The highest BCUT2D eigenvalue weighted by Gasteiger charge is 2.41. The fourth-order valence-corrected chi connectivity index (χ4v) is 4.36. The first-order valence-electron chi connectivity index (χ1n) is 11.3. The highest BCUT2D eigenvalue weighted by molar-refractivity contribution is 5.98. The van der Waals surface area contributed by atoms with Crippen molar-refractivity contribution in [3.63, 3.8) is 0 Å². The van der Waals surface area contributed by atoms with Crippen molar-refractivity contribution in [2.75, 3.05) is 12.4 Å². The summed E-state index contributed by atoms with van der Waals surface area (Å²) in [6.45, 7) is 0.474. The number of rotatable bonds is 8. The highest BCUT2D eigenvalue weighted by atomic mass is 16.5. The Bertz CT molecular complexity index is 1070. The molecule has 2 amide bonds. The summed E-state index contributed by atoms with van der Waals surface area (Å²) >= 11 is 0. The summed E-state index contributed by atoms with van der Waals surface area (Å²) in [5.41, 5.74) is 1.37. The lowest BCUT2D eigenvalue weighted by Crippen LogP contribution is -2.42. The van der Waals surface area contributed by atoms with Gasteiger partial charge in [0, 0.05) is 6.54 Å². The molecular formula is C25H29N5O3. The molecule has 0 atom stereocenters. The molecule has 8 heteroatoms. The van der Waals surface area contributed by atoms with E-state index in [4.69, 9.17) is 4.74 Å². The molecule has 1 aliphatic carbocycles. The van der Waals surface area contributed by atoms with E-state index < -0.39 is 5.41 Å². The molecule has 1 fully saturated rings. The smallest absolute Gasteiger partial charge is 0.248 e. The van der Waals surface area contributed by atoms with Crippen LogP contribution in [0.15, 0.2) is 60.9 Å². The number of anilines is 1. The summed E-state index contributed by atoms with van der Waals surface area (Å²) in [6.07, 6.45) is 6.10. The monoisotopic (exact) mass is 447 g/mol. The van der Waals surface area contributed by atoms with E-state index in [-0.39, 0.29) is 24.3 Å². The fraction of sp³-hybridized carbons (Fsp3) is 0.360. The van der Waals surface area contributed by atoms with E-state index in [0.29, 0.717) is 6.54 Å². The molecule has 2 N–H and O–H groups in total. The molecule has 1 aliphatic rings. The minimum Gasteiger partial charge on any atom is -0.497 e. The Morgan fingerprint density at radius 1 is 1.03 bits per heavy atom. The van der Waals surface area contributed by atoms with Gasteiger partial charge in [-0.2, -0.15) is 0 Å². The molecule has 0 radical (unpaired) electrons. The number of nitrogens with one attached hydrogen (secondary N) is 2. The third-order valence-electron chi connectivity index (χ3n) is 6.18. The molecular weight excluding hydrogens is 418 g/mol. The molecule has 1 aromatic heterocycles. The van der Waals surface area contributed by atoms with Crippen molar-refractivity contribution in [3.05, 3.63) is 72.1 Å². The van der Waals surface area contributed by atoms with Gasteiger partial charge in [-0.05, 0) is 36.1 Å². The second kappa shape index (κ2) is 10.3. The number of methoxy groups -OCH3 is 1. The Hall–Kier alpha value is -3.68. The zero-order valence-corrected chi connectivity index (χ0v) is 18.8. The van der Waals surface area contributed by atoms with Crippen molar-refractivity contribution in [2.24, 2.45) is 0 Å². The molecule has 0 unspecified atom stereocenters. The SMILES string of the molecule is COc1ccc(C2(C(=O)Nc3ncn(CC(=O)NCc4ccccc4)n3)CCCCC2)cc1. The Morgan fingerprint density at radius 3 is 2.45 bits per heavy atom. The van der Waals surface area contributed by atoms with Crippen LogP contribution in [0, 0.1) is 0 Å². The van der Waals surface area contributed by atoms with E-state index in [2.05, 4.69) is 20.7 Å². The summed E-state index contributed by atoms with van der Waals surface area (Å²) in [6, 6.07) is 17.4. The maximum absolute atomic E-state index is 13.4. The van der Waals surface area contributed by atoms with Crippen LogP contribution < -0.4 is 15.4 Å². The molecule has 0 saturated heterocycles. The van der Waals surface area contributed by atoms with Crippen LogP contribution in [0.25, 0.3) is 0 Å². The van der Waals surface area contributed by atoms with Crippen LogP contribution in [0.4, 0.5) is 5.95 Å². The third kappa shape index (κ3) is 5.39. The molecule has 1 heterocycles. The van der Waals surface area contributed by atoms with E-state index in [0.717, 1.165) is 49.0 Å². The van der Waals surface area contributed by atoms with Gasteiger partial charge in [0.05, 0.1) is 12.5 Å². The highest BCUT2D eigenvalue weighted by Crippen LogP contribution is 2.40. The summed E-state index contributed by atoms with van der Waals surface area (Å²) < 4.78 is 6.69. The van der Waals surface area contributed by atoms with Gasteiger partial charge in [0.2, 0.25) is 17.8 Å². The third-order valence-corrected chi connectivity index (χ3v) is 6.18. The first-order valence-corrected chi connectivity index (χ1v) is 11.3. The van der Waals surface area contributed by atoms with E-state index in [9.17, 15) is 9.59 Å². The molecule has 8 nitrogen and oxygen atoms in total. The Labute approximate surface area is 193 Å². The number of amides is 2. The Kier molecular flexibility index (Phi) is 7.02. The van der Waals surface area contributed by atoms with Crippen molar-refractivity contribution >= 4 is 17.8 Å². The average molecular weight is 448 g/mol. The van der Waals surface area contributed by atoms with Gasteiger partial charge < -0.3 is 10.1 Å². The van der Waals surface area contributed by atoms with Crippen molar-refractivity contribution in [1.29, 1.82) is 0 Å². The van der Waals surface area contributed by atoms with E-state index in [1.807, 2.05) is 54.6 Å². The lowest BCUT2D eigenvalue weighted by molar-refractivity contribution is -0.123. The number of hydrogen-bond donors (Lipinski definition) is 2. The predicted octanol–water partition coefficient (Wildman–Crippen LogP) is 3.44. The van der Waals surface area contributed by atoms with Crippen molar-refractivity contribution < 1.29 is 14.3 Å². The second-order valence-corrected chi connectivity index (χ2v) is 8.35. The molecule has 0 aliphatic heterocycles. The van der Waals surface area contributed by atoms with Gasteiger partial charge in [0.15, 0.2) is 0 Å². The Morgan fingerprint density at radius 2 is 1.76 bits per heavy atom. The van der Waals surface area contributed by atoms with Crippen LogP contribution in [0.5, 0.6) is 5.75 Å². The molecule has 0 bridgehead atoms. The largest absolute Gasteiger partial charge is 0.497 e. The zero-order chi connectivity index (χ0) is 23.1. The normalized spacial score (nSPS) is 14.9. The number of nitrogens with zero attached hydrogens (tertiary/aromatic N) is 3. The molecule has 4 rings (SSSR count). The van der Waals surface area contributed by atoms with Gasteiger partial charge in [-0.15, -0.1) is 5.10 Å². The number of carbonyl (C=O) groups excluding carboxylic acids is 2. The number of hydrogen-bond acceptors (Lipinski definition) is 5. The van der Waals surface area contributed by atoms with Gasteiger partial charge in [0.1, 0.15) is 18.6 Å². The quantitative estimate of drug-likeness (QED) is 0.551. The minimum atomic E-state index is -0.622. The first-order chi connectivity index (χ1) is 16.1. The van der Waals surface area contributed by atoms with Gasteiger partial charge in [-0.25, -0.2) is 9.67 Å². The van der Waals surface area contributed by atoms with E-state index in [1.165, 1.54) is 11.0 Å². The number of ether oxygens (including phenoxy) is 1. The average Bonchev–Trinajstić information content (AvgIpc) is 3.30.